The quantitative estimate of drug-likeness (QED) is 0.865. The lowest BCUT2D eigenvalue weighted by Crippen LogP contribution is -2.47. The summed E-state index contributed by atoms with van der Waals surface area (Å²) >= 11 is 0. The van der Waals surface area contributed by atoms with Crippen LogP contribution in [0, 0.1) is 5.92 Å². The highest BCUT2D eigenvalue weighted by atomic mass is 16.5. The van der Waals surface area contributed by atoms with Crippen molar-refractivity contribution in [2.75, 3.05) is 19.6 Å². The second-order valence-corrected chi connectivity index (χ2v) is 6.95. The van der Waals surface area contributed by atoms with E-state index < -0.39 is 0 Å². The second kappa shape index (κ2) is 5.35. The van der Waals surface area contributed by atoms with Crippen molar-refractivity contribution >= 4 is 5.91 Å². The van der Waals surface area contributed by atoms with Gasteiger partial charge in [0.1, 0.15) is 0 Å². The van der Waals surface area contributed by atoms with Gasteiger partial charge in [0.2, 0.25) is 0 Å². The zero-order valence-electron chi connectivity index (χ0n) is 13.2. The standard InChI is InChI=1S/C16H24N4O2/c1-20-13-8-16(4-6-17-7-5-16)22-10-12(13)14(19-20)15(21)18-9-11-2-3-11/h11,17H,2-10H2,1H3,(H,18,21). The summed E-state index contributed by atoms with van der Waals surface area (Å²) in [6, 6.07) is 0. The van der Waals surface area contributed by atoms with Gasteiger partial charge in [-0.3, -0.25) is 9.48 Å². The first kappa shape index (κ1) is 14.2. The number of amides is 1. The monoisotopic (exact) mass is 304 g/mol. The van der Waals surface area contributed by atoms with E-state index in [9.17, 15) is 4.79 Å². The summed E-state index contributed by atoms with van der Waals surface area (Å²) in [5.74, 6) is 0.631. The van der Waals surface area contributed by atoms with E-state index in [0.29, 0.717) is 18.2 Å². The van der Waals surface area contributed by atoms with Crippen molar-refractivity contribution in [3.8, 4) is 0 Å². The Morgan fingerprint density at radius 3 is 2.95 bits per heavy atom. The predicted octanol–water partition coefficient (Wildman–Crippen LogP) is 0.755. The number of piperidine rings is 1. The van der Waals surface area contributed by atoms with Gasteiger partial charge in [0.25, 0.3) is 5.91 Å². The van der Waals surface area contributed by atoms with Gasteiger partial charge in [0.05, 0.1) is 12.2 Å². The Bertz CT molecular complexity index is 585. The van der Waals surface area contributed by atoms with Gasteiger partial charge < -0.3 is 15.4 Å². The maximum Gasteiger partial charge on any atom is 0.272 e. The fourth-order valence-corrected chi connectivity index (χ4v) is 3.59. The third-order valence-electron chi connectivity index (χ3n) is 5.27. The topological polar surface area (TPSA) is 68.2 Å². The van der Waals surface area contributed by atoms with Crippen LogP contribution in [0.15, 0.2) is 0 Å². The van der Waals surface area contributed by atoms with E-state index in [1.54, 1.807) is 0 Å². The van der Waals surface area contributed by atoms with Gasteiger partial charge in [-0.05, 0) is 44.7 Å². The maximum atomic E-state index is 12.4. The van der Waals surface area contributed by atoms with Crippen molar-refractivity contribution in [1.29, 1.82) is 0 Å². The first-order valence-corrected chi connectivity index (χ1v) is 8.34. The lowest BCUT2D eigenvalue weighted by atomic mass is 9.84. The van der Waals surface area contributed by atoms with E-state index in [2.05, 4.69) is 15.7 Å². The minimum Gasteiger partial charge on any atom is -0.370 e. The van der Waals surface area contributed by atoms with Crippen LogP contribution < -0.4 is 10.6 Å². The molecule has 6 nitrogen and oxygen atoms in total. The lowest BCUT2D eigenvalue weighted by molar-refractivity contribution is -0.0869. The van der Waals surface area contributed by atoms with Gasteiger partial charge in [-0.2, -0.15) is 5.10 Å². The summed E-state index contributed by atoms with van der Waals surface area (Å²) in [6.45, 7) is 3.29. The highest BCUT2D eigenvalue weighted by Crippen LogP contribution is 2.35. The molecule has 120 valence electrons. The van der Waals surface area contributed by atoms with Gasteiger partial charge in [-0.15, -0.1) is 0 Å². The van der Waals surface area contributed by atoms with E-state index in [1.165, 1.54) is 18.5 Å². The molecule has 0 bridgehead atoms. The third-order valence-corrected chi connectivity index (χ3v) is 5.27. The summed E-state index contributed by atoms with van der Waals surface area (Å²) in [5, 5.41) is 10.9. The molecule has 1 aromatic rings. The number of fused-ring (bicyclic) bond motifs is 1. The molecule has 2 N–H and O–H groups in total. The summed E-state index contributed by atoms with van der Waals surface area (Å²) in [5.41, 5.74) is 2.65. The molecule has 1 amide bonds. The van der Waals surface area contributed by atoms with Gasteiger partial charge in [0.15, 0.2) is 5.69 Å². The average Bonchev–Trinajstić information content (AvgIpc) is 3.30. The Kier molecular flexibility index (Phi) is 3.46. The van der Waals surface area contributed by atoms with Crippen LogP contribution in [0.3, 0.4) is 0 Å². The highest BCUT2D eigenvalue weighted by Gasteiger charge is 2.40. The maximum absolute atomic E-state index is 12.4. The average molecular weight is 304 g/mol. The first-order valence-electron chi connectivity index (χ1n) is 8.34. The summed E-state index contributed by atoms with van der Waals surface area (Å²) < 4.78 is 8.08. The van der Waals surface area contributed by atoms with Gasteiger partial charge in [-0.25, -0.2) is 0 Å². The number of nitrogens with one attached hydrogen (secondary N) is 2. The first-order chi connectivity index (χ1) is 10.7. The molecule has 1 saturated carbocycles. The molecule has 0 radical (unpaired) electrons. The number of hydrogen-bond donors (Lipinski definition) is 2. The number of carbonyl (C=O) groups excluding carboxylic acids is 1. The molecule has 1 saturated heterocycles. The fourth-order valence-electron chi connectivity index (χ4n) is 3.59. The normalized spacial score (nSPS) is 23.3. The van der Waals surface area contributed by atoms with Crippen LogP contribution in [0.2, 0.25) is 0 Å². The number of aromatic nitrogens is 2. The van der Waals surface area contributed by atoms with Gasteiger partial charge in [0, 0.05) is 31.3 Å². The number of carbonyl (C=O) groups is 1. The summed E-state index contributed by atoms with van der Waals surface area (Å²) in [6.07, 6.45) is 5.39. The number of hydrogen-bond acceptors (Lipinski definition) is 4. The van der Waals surface area contributed by atoms with Crippen LogP contribution in [-0.2, 0) is 24.8 Å². The van der Waals surface area contributed by atoms with E-state index in [4.69, 9.17) is 4.74 Å². The molecule has 1 aliphatic carbocycles. The van der Waals surface area contributed by atoms with E-state index in [-0.39, 0.29) is 11.5 Å². The molecular weight excluding hydrogens is 280 g/mol. The number of aryl methyl sites for hydroxylation is 1. The molecule has 0 aromatic carbocycles. The highest BCUT2D eigenvalue weighted by molar-refractivity contribution is 5.94. The molecule has 3 aliphatic rings. The number of nitrogens with zero attached hydrogens (tertiary/aromatic N) is 2. The van der Waals surface area contributed by atoms with Crippen LogP contribution in [0.4, 0.5) is 0 Å². The van der Waals surface area contributed by atoms with E-state index in [1.807, 2.05) is 11.7 Å². The van der Waals surface area contributed by atoms with Gasteiger partial charge in [-0.1, -0.05) is 0 Å². The SMILES string of the molecule is Cn1nc(C(=O)NCC2CC2)c2c1CC1(CCNCC1)OC2. The summed E-state index contributed by atoms with van der Waals surface area (Å²) in [7, 11) is 1.94. The Hall–Kier alpha value is -1.40. The third kappa shape index (κ3) is 2.54. The lowest BCUT2D eigenvalue weighted by Gasteiger charge is -2.40. The van der Waals surface area contributed by atoms with Crippen molar-refractivity contribution in [2.24, 2.45) is 13.0 Å². The summed E-state index contributed by atoms with van der Waals surface area (Å²) in [4.78, 5) is 12.4. The number of ether oxygens (including phenoxy) is 1. The molecule has 6 heteroatoms. The Labute approximate surface area is 130 Å². The molecule has 3 heterocycles. The molecule has 0 atom stereocenters. The van der Waals surface area contributed by atoms with Crippen molar-refractivity contribution in [2.45, 2.75) is 44.3 Å². The van der Waals surface area contributed by atoms with Crippen molar-refractivity contribution in [3.05, 3.63) is 17.0 Å². The molecule has 2 fully saturated rings. The largest absolute Gasteiger partial charge is 0.370 e. The van der Waals surface area contributed by atoms with E-state index >= 15 is 0 Å². The Morgan fingerprint density at radius 2 is 2.23 bits per heavy atom. The Balaban J connectivity index is 1.54. The van der Waals surface area contributed by atoms with Crippen molar-refractivity contribution in [1.82, 2.24) is 20.4 Å². The molecular formula is C16H24N4O2. The van der Waals surface area contributed by atoms with Crippen LogP contribution in [0.5, 0.6) is 0 Å². The van der Waals surface area contributed by atoms with Crippen LogP contribution in [0.25, 0.3) is 0 Å². The zero-order valence-corrected chi connectivity index (χ0v) is 13.2. The molecule has 0 unspecified atom stereocenters. The molecule has 22 heavy (non-hydrogen) atoms. The second-order valence-electron chi connectivity index (χ2n) is 6.95. The van der Waals surface area contributed by atoms with Crippen LogP contribution in [-0.4, -0.2) is 40.9 Å². The zero-order chi connectivity index (χ0) is 15.2. The molecule has 1 spiro atoms. The molecule has 4 rings (SSSR count). The molecule has 2 aliphatic heterocycles. The number of rotatable bonds is 3. The molecule has 1 aromatic heterocycles. The Morgan fingerprint density at radius 1 is 1.45 bits per heavy atom. The van der Waals surface area contributed by atoms with Crippen LogP contribution in [0.1, 0.15) is 47.4 Å². The van der Waals surface area contributed by atoms with Crippen molar-refractivity contribution < 1.29 is 9.53 Å². The van der Waals surface area contributed by atoms with E-state index in [0.717, 1.165) is 44.5 Å². The predicted molar refractivity (Wildman–Crippen MR) is 81.6 cm³/mol. The minimum absolute atomic E-state index is 0.0476. The van der Waals surface area contributed by atoms with Gasteiger partial charge >= 0.3 is 0 Å². The van der Waals surface area contributed by atoms with Crippen LogP contribution >= 0.6 is 0 Å². The smallest absolute Gasteiger partial charge is 0.272 e. The van der Waals surface area contributed by atoms with Crippen molar-refractivity contribution in [3.63, 3.8) is 0 Å². The fraction of sp³-hybridized carbons (Fsp3) is 0.750. The minimum atomic E-state index is -0.0617.